The molecule has 0 spiro atoms. The number of hydrogen-bond acceptors (Lipinski definition) is 4. The van der Waals surface area contributed by atoms with Crippen molar-refractivity contribution < 1.29 is 19.7 Å². The van der Waals surface area contributed by atoms with Crippen molar-refractivity contribution in [3.05, 3.63) is 65.2 Å². The highest BCUT2D eigenvalue weighted by molar-refractivity contribution is 6.09. The lowest BCUT2D eigenvalue weighted by molar-refractivity contribution is 0.104. The third-order valence-corrected chi connectivity index (χ3v) is 3.75. The quantitative estimate of drug-likeness (QED) is 0.657. The van der Waals surface area contributed by atoms with Crippen LogP contribution in [0.5, 0.6) is 17.2 Å². The minimum atomic E-state index is -0.441. The van der Waals surface area contributed by atoms with Crippen LogP contribution < -0.4 is 4.74 Å². The number of phenols is 2. The van der Waals surface area contributed by atoms with Gasteiger partial charge in [0.1, 0.15) is 22.8 Å². The molecule has 1 aliphatic heterocycles. The lowest BCUT2D eigenvalue weighted by Crippen LogP contribution is -2.27. The van der Waals surface area contributed by atoms with Gasteiger partial charge in [-0.05, 0) is 49.8 Å². The van der Waals surface area contributed by atoms with Crippen LogP contribution in [-0.4, -0.2) is 21.6 Å². The smallest absolute Gasteiger partial charge is 0.189 e. The number of ketones is 1. The monoisotopic (exact) mass is 322 g/mol. The summed E-state index contributed by atoms with van der Waals surface area (Å²) in [5.74, 6) is 0.307. The van der Waals surface area contributed by atoms with Crippen LogP contribution in [0.3, 0.4) is 0 Å². The number of aromatic hydroxyl groups is 2. The average molecular weight is 322 g/mol. The molecule has 2 aromatic carbocycles. The highest BCUT2D eigenvalue weighted by Crippen LogP contribution is 2.35. The Bertz CT molecular complexity index is 843. The second kappa shape index (κ2) is 5.89. The van der Waals surface area contributed by atoms with Gasteiger partial charge in [-0.2, -0.15) is 0 Å². The lowest BCUT2D eigenvalue weighted by Gasteiger charge is -2.28. The fourth-order valence-electron chi connectivity index (χ4n) is 2.46. The minimum Gasteiger partial charge on any atom is -0.508 e. The van der Waals surface area contributed by atoms with E-state index in [9.17, 15) is 15.0 Å². The van der Waals surface area contributed by atoms with Gasteiger partial charge < -0.3 is 14.9 Å². The molecule has 0 saturated carbocycles. The van der Waals surface area contributed by atoms with Crippen molar-refractivity contribution in [1.29, 1.82) is 0 Å². The summed E-state index contributed by atoms with van der Waals surface area (Å²) in [4.78, 5) is 12.4. The Labute approximate surface area is 140 Å². The molecule has 24 heavy (non-hydrogen) atoms. The van der Waals surface area contributed by atoms with E-state index in [1.165, 1.54) is 12.1 Å². The summed E-state index contributed by atoms with van der Waals surface area (Å²) in [6.45, 7) is 3.84. The minimum absolute atomic E-state index is 0.111. The Morgan fingerprint density at radius 1 is 1.12 bits per heavy atom. The third-order valence-electron chi connectivity index (χ3n) is 3.75. The van der Waals surface area contributed by atoms with Crippen molar-refractivity contribution in [2.45, 2.75) is 19.4 Å². The highest BCUT2D eigenvalue weighted by Gasteiger charge is 2.23. The van der Waals surface area contributed by atoms with Crippen LogP contribution in [0.4, 0.5) is 0 Å². The molecule has 0 bridgehead atoms. The molecule has 4 heteroatoms. The lowest BCUT2D eigenvalue weighted by atomic mass is 9.98. The molecular formula is C20H18O4. The average Bonchev–Trinajstić information content (AvgIpc) is 2.52. The number of ether oxygens (including phenoxy) is 1. The van der Waals surface area contributed by atoms with Gasteiger partial charge >= 0.3 is 0 Å². The standard InChI is InChI=1S/C20H18O4/c1-20(2)10-9-14-11-16(18(23)12-19(14)24-20)17(22)8-5-13-3-6-15(21)7-4-13/h3-12,21,23H,1-2H3. The Hall–Kier alpha value is -3.01. The molecule has 2 aromatic rings. The van der Waals surface area contributed by atoms with E-state index in [-0.39, 0.29) is 22.8 Å². The first-order chi connectivity index (χ1) is 11.3. The van der Waals surface area contributed by atoms with Gasteiger partial charge in [-0.3, -0.25) is 4.79 Å². The Morgan fingerprint density at radius 2 is 1.83 bits per heavy atom. The molecule has 1 aliphatic rings. The Kier molecular flexibility index (Phi) is 3.89. The number of carbonyl (C=O) groups excluding carboxylic acids is 1. The summed E-state index contributed by atoms with van der Waals surface area (Å²) in [5, 5.41) is 19.4. The van der Waals surface area contributed by atoms with Crippen LogP contribution in [0.25, 0.3) is 12.2 Å². The topological polar surface area (TPSA) is 66.8 Å². The molecule has 0 radical (unpaired) electrons. The predicted molar refractivity (Wildman–Crippen MR) is 93.3 cm³/mol. The van der Waals surface area contributed by atoms with Crippen molar-refractivity contribution in [3.63, 3.8) is 0 Å². The summed E-state index contributed by atoms with van der Waals surface area (Å²) in [6, 6.07) is 9.59. The first-order valence-corrected chi connectivity index (χ1v) is 7.61. The van der Waals surface area contributed by atoms with Gasteiger partial charge in [0.05, 0.1) is 5.56 Å². The van der Waals surface area contributed by atoms with Gasteiger partial charge in [-0.15, -0.1) is 0 Å². The summed E-state index contributed by atoms with van der Waals surface area (Å²) >= 11 is 0. The fraction of sp³-hybridized carbons (Fsp3) is 0.150. The van der Waals surface area contributed by atoms with E-state index >= 15 is 0 Å². The SMILES string of the molecule is CC1(C)C=Cc2cc(C(=O)C=Cc3ccc(O)cc3)c(O)cc2O1. The molecule has 0 unspecified atom stereocenters. The summed E-state index contributed by atoms with van der Waals surface area (Å²) in [7, 11) is 0. The number of benzene rings is 2. The number of hydrogen-bond donors (Lipinski definition) is 2. The van der Waals surface area contributed by atoms with Crippen molar-refractivity contribution in [3.8, 4) is 17.2 Å². The first-order valence-electron chi connectivity index (χ1n) is 7.61. The number of rotatable bonds is 3. The van der Waals surface area contributed by atoms with Gasteiger partial charge in [0.2, 0.25) is 0 Å². The third kappa shape index (κ3) is 3.33. The van der Waals surface area contributed by atoms with Crippen LogP contribution >= 0.6 is 0 Å². The Morgan fingerprint density at radius 3 is 2.54 bits per heavy atom. The number of carbonyl (C=O) groups is 1. The number of phenolic OH excluding ortho intramolecular Hbond substituents is 2. The number of allylic oxidation sites excluding steroid dienone is 1. The molecule has 0 fully saturated rings. The van der Waals surface area contributed by atoms with Crippen molar-refractivity contribution >= 4 is 17.9 Å². The molecule has 4 nitrogen and oxygen atoms in total. The van der Waals surface area contributed by atoms with E-state index in [1.807, 2.05) is 26.0 Å². The van der Waals surface area contributed by atoms with E-state index in [2.05, 4.69) is 0 Å². The van der Waals surface area contributed by atoms with E-state index < -0.39 is 5.60 Å². The molecule has 1 heterocycles. The van der Waals surface area contributed by atoms with E-state index in [4.69, 9.17) is 4.74 Å². The summed E-state index contributed by atoms with van der Waals surface area (Å²) < 4.78 is 5.78. The molecule has 0 saturated heterocycles. The van der Waals surface area contributed by atoms with Crippen LogP contribution in [0.1, 0.15) is 35.3 Å². The van der Waals surface area contributed by atoms with Crippen molar-refractivity contribution in [2.75, 3.05) is 0 Å². The van der Waals surface area contributed by atoms with Crippen molar-refractivity contribution in [1.82, 2.24) is 0 Å². The zero-order valence-corrected chi connectivity index (χ0v) is 13.5. The van der Waals surface area contributed by atoms with E-state index in [0.717, 1.165) is 11.1 Å². The van der Waals surface area contributed by atoms with Gasteiger partial charge in [0.15, 0.2) is 5.78 Å². The maximum absolute atomic E-state index is 12.4. The van der Waals surface area contributed by atoms with E-state index in [0.29, 0.717) is 5.75 Å². The van der Waals surface area contributed by atoms with Gasteiger partial charge in [0.25, 0.3) is 0 Å². The second-order valence-corrected chi connectivity index (χ2v) is 6.24. The molecular weight excluding hydrogens is 304 g/mol. The molecule has 3 rings (SSSR count). The normalized spacial score (nSPS) is 15.1. The van der Waals surface area contributed by atoms with Crippen molar-refractivity contribution in [2.24, 2.45) is 0 Å². The molecule has 0 atom stereocenters. The fourth-order valence-corrected chi connectivity index (χ4v) is 2.46. The summed E-state index contributed by atoms with van der Waals surface area (Å²) in [6.07, 6.45) is 6.83. The van der Waals surface area contributed by atoms with Gasteiger partial charge in [-0.25, -0.2) is 0 Å². The van der Waals surface area contributed by atoms with E-state index in [1.54, 1.807) is 36.4 Å². The second-order valence-electron chi connectivity index (χ2n) is 6.24. The van der Waals surface area contributed by atoms with Crippen LogP contribution in [-0.2, 0) is 0 Å². The molecule has 0 amide bonds. The maximum Gasteiger partial charge on any atom is 0.189 e. The molecule has 0 aliphatic carbocycles. The molecule has 0 aromatic heterocycles. The van der Waals surface area contributed by atoms with Crippen LogP contribution in [0, 0.1) is 0 Å². The van der Waals surface area contributed by atoms with Gasteiger partial charge in [0, 0.05) is 11.6 Å². The number of fused-ring (bicyclic) bond motifs is 1. The van der Waals surface area contributed by atoms with Crippen LogP contribution in [0.2, 0.25) is 0 Å². The molecule has 2 N–H and O–H groups in total. The zero-order valence-electron chi connectivity index (χ0n) is 13.5. The summed E-state index contributed by atoms with van der Waals surface area (Å²) in [5.41, 5.74) is 1.32. The molecule has 122 valence electrons. The predicted octanol–water partition coefficient (Wildman–Crippen LogP) is 4.18. The van der Waals surface area contributed by atoms with Gasteiger partial charge in [-0.1, -0.05) is 24.3 Å². The first kappa shape index (κ1) is 15.9. The zero-order chi connectivity index (χ0) is 17.3. The largest absolute Gasteiger partial charge is 0.508 e. The maximum atomic E-state index is 12.4. The Balaban J connectivity index is 1.87. The van der Waals surface area contributed by atoms with Crippen LogP contribution in [0.15, 0.2) is 48.6 Å². The highest BCUT2D eigenvalue weighted by atomic mass is 16.5.